The molecule has 0 saturated heterocycles. The monoisotopic (exact) mass is 330 g/mol. The molecular weight excluding hydrogens is 317 g/mol. The van der Waals surface area contributed by atoms with Crippen molar-refractivity contribution in [3.05, 3.63) is 0 Å². The molecule has 8 heavy (non-hydrogen) atoms. The van der Waals surface area contributed by atoms with E-state index in [4.69, 9.17) is 4.49 Å². The normalized spacial score (nSPS) is 9.75. The summed E-state index contributed by atoms with van der Waals surface area (Å²) >= 11 is 0.141. The van der Waals surface area contributed by atoms with Crippen LogP contribution in [0.2, 0.25) is 0 Å². The van der Waals surface area contributed by atoms with E-state index in [0.717, 1.165) is 29.5 Å². The summed E-state index contributed by atoms with van der Waals surface area (Å²) in [5.74, 6) is 0. The Labute approximate surface area is 75.3 Å². The third-order valence-corrected chi connectivity index (χ3v) is 3.74. The molecule has 0 N–H and O–H groups in total. The van der Waals surface area contributed by atoms with Gasteiger partial charge in [0, 0.05) is 0 Å². The van der Waals surface area contributed by atoms with Gasteiger partial charge in [0.1, 0.15) is 0 Å². The van der Waals surface area contributed by atoms with Crippen molar-refractivity contribution in [2.75, 3.05) is 6.61 Å². The van der Waals surface area contributed by atoms with E-state index in [0.29, 0.717) is 0 Å². The van der Waals surface area contributed by atoms with Crippen LogP contribution in [0.5, 0.6) is 0 Å². The molecule has 0 aromatic rings. The van der Waals surface area contributed by atoms with Crippen molar-refractivity contribution in [2.24, 2.45) is 0 Å². The fraction of sp³-hybridized carbons (Fsp3) is 1.00. The van der Waals surface area contributed by atoms with Crippen LogP contribution in [0.1, 0.15) is 19.8 Å². The van der Waals surface area contributed by atoms with Gasteiger partial charge in [0.05, 0.1) is 0 Å². The summed E-state index contributed by atoms with van der Waals surface area (Å²) in [6.07, 6.45) is 2.41. The zero-order valence-corrected chi connectivity index (χ0v) is 11.2. The standard InChI is InChI=1S/C4H9O.O.2Sn.H/c1-2-3-4-5;;;;/h2-4H2,1H3;;;;/q-1;;;+1;. The van der Waals surface area contributed by atoms with Crippen LogP contribution in [0.25, 0.3) is 0 Å². The molecule has 0 bridgehead atoms. The van der Waals surface area contributed by atoms with Gasteiger partial charge in [-0.2, -0.15) is 0 Å². The van der Waals surface area contributed by atoms with Gasteiger partial charge in [0.2, 0.25) is 0 Å². The molecule has 0 spiro atoms. The van der Waals surface area contributed by atoms with Crippen molar-refractivity contribution < 1.29 is 4.49 Å². The molecule has 0 amide bonds. The molecule has 0 aliphatic carbocycles. The van der Waals surface area contributed by atoms with Gasteiger partial charge in [-0.25, -0.2) is 0 Å². The summed E-state index contributed by atoms with van der Waals surface area (Å²) in [5.41, 5.74) is 0. The molecule has 0 heterocycles. The summed E-state index contributed by atoms with van der Waals surface area (Å²) in [5, 5.41) is 0. The Hall–Kier alpha value is 1.52. The van der Waals surface area contributed by atoms with Crippen LogP contribution in [0, 0.1) is 0 Å². The fourth-order valence-corrected chi connectivity index (χ4v) is 2.44. The van der Waals surface area contributed by atoms with Crippen LogP contribution < -0.4 is 0 Å². The molecule has 0 atom stereocenters. The van der Waals surface area contributed by atoms with E-state index < -0.39 is 22.0 Å². The molecule has 0 fully saturated rings. The average molecular weight is 328 g/mol. The van der Waals surface area contributed by atoms with Crippen molar-refractivity contribution >= 4 is 44.9 Å². The van der Waals surface area contributed by atoms with Crippen LogP contribution >= 0.6 is 0 Å². The van der Waals surface area contributed by atoms with Gasteiger partial charge in [-0.1, -0.05) is 0 Å². The maximum atomic E-state index is 5.20. The van der Waals surface area contributed by atoms with Gasteiger partial charge < -0.3 is 0 Å². The minimum absolute atomic E-state index is 0.771. The SMILES string of the molecule is CCCC[O][Sn][O][SnH]. The molecule has 0 unspecified atom stereocenters. The zero-order valence-electron chi connectivity index (χ0n) is 5.02. The van der Waals surface area contributed by atoms with Crippen LogP contribution in [0.15, 0.2) is 0 Å². The Morgan fingerprint density at radius 3 is 2.88 bits per heavy atom. The van der Waals surface area contributed by atoms with E-state index in [2.05, 4.69) is 6.92 Å². The zero-order chi connectivity index (χ0) is 6.24. The van der Waals surface area contributed by atoms with E-state index in [9.17, 15) is 0 Å². The van der Waals surface area contributed by atoms with Gasteiger partial charge >= 0.3 is 75.8 Å². The van der Waals surface area contributed by atoms with E-state index >= 15 is 0 Å². The van der Waals surface area contributed by atoms with Crippen molar-refractivity contribution in [2.45, 2.75) is 19.8 Å². The molecule has 2 nitrogen and oxygen atoms in total. The molecule has 0 aromatic carbocycles. The van der Waals surface area contributed by atoms with Gasteiger partial charge in [-0.05, 0) is 0 Å². The summed E-state index contributed by atoms with van der Waals surface area (Å²) in [7, 11) is 0. The molecule has 4 radical (unpaired) electrons. The number of hydrogen-bond donors (Lipinski definition) is 0. The molecule has 46 valence electrons. The predicted molar refractivity (Wildman–Crippen MR) is 34.8 cm³/mol. The third kappa shape index (κ3) is 7.52. The number of rotatable bonds is 5. The second-order valence-electron chi connectivity index (χ2n) is 1.40. The molecule has 0 aliphatic heterocycles. The van der Waals surface area contributed by atoms with Crippen molar-refractivity contribution in [3.8, 4) is 0 Å². The van der Waals surface area contributed by atoms with Crippen molar-refractivity contribution in [1.82, 2.24) is 0 Å². The van der Waals surface area contributed by atoms with E-state index in [1.165, 1.54) is 12.8 Å². The minimum atomic E-state index is -0.771. The summed E-state index contributed by atoms with van der Waals surface area (Å²) in [6, 6.07) is 0. The molecular formula is C4H10O2Sn2. The Kier molecular flexibility index (Phi) is 10.1. The van der Waals surface area contributed by atoms with Crippen molar-refractivity contribution in [3.63, 3.8) is 0 Å². The third-order valence-electron chi connectivity index (χ3n) is 0.707. The first-order valence-corrected chi connectivity index (χ1v) is 6.32. The molecule has 0 aliphatic rings. The Bertz CT molecular complexity index is 37.0. The molecule has 4 heteroatoms. The second-order valence-corrected chi connectivity index (χ2v) is 7.89. The van der Waals surface area contributed by atoms with Gasteiger partial charge in [-0.3, -0.25) is 0 Å². The number of unbranched alkanes of at least 4 members (excludes halogenated alkanes) is 1. The number of hydrogen-bond acceptors (Lipinski definition) is 2. The second kappa shape index (κ2) is 8.52. The average Bonchev–Trinajstić information content (AvgIpc) is 1.81. The topological polar surface area (TPSA) is 18.5 Å². The fourth-order valence-electron chi connectivity index (χ4n) is 0.292. The summed E-state index contributed by atoms with van der Waals surface area (Å²) in [6.45, 7) is 3.08. The maximum absolute atomic E-state index is 5.20. The van der Waals surface area contributed by atoms with Crippen LogP contribution in [-0.4, -0.2) is 51.5 Å². The van der Waals surface area contributed by atoms with E-state index in [1.54, 1.807) is 0 Å². The quantitative estimate of drug-likeness (QED) is 0.529. The van der Waals surface area contributed by atoms with Crippen LogP contribution in [0.3, 0.4) is 0 Å². The predicted octanol–water partition coefficient (Wildman–Crippen LogP) is 0.170. The summed E-state index contributed by atoms with van der Waals surface area (Å²) in [4.78, 5) is 0. The van der Waals surface area contributed by atoms with E-state index in [-0.39, 0.29) is 0 Å². The first-order valence-electron chi connectivity index (χ1n) is 2.64. The Morgan fingerprint density at radius 1 is 1.62 bits per heavy atom. The van der Waals surface area contributed by atoms with Crippen LogP contribution in [-0.2, 0) is 4.49 Å². The molecule has 0 aromatic heterocycles. The first-order chi connectivity index (χ1) is 3.91. The van der Waals surface area contributed by atoms with Gasteiger partial charge in [0.15, 0.2) is 0 Å². The Balaban J connectivity index is 2.53. The molecule has 0 rings (SSSR count). The van der Waals surface area contributed by atoms with E-state index in [1.807, 2.05) is 0 Å². The van der Waals surface area contributed by atoms with Crippen molar-refractivity contribution in [1.29, 1.82) is 0 Å². The Morgan fingerprint density at radius 2 is 2.38 bits per heavy atom. The summed E-state index contributed by atoms with van der Waals surface area (Å²) < 4.78 is 10.2. The van der Waals surface area contributed by atoms with Crippen LogP contribution in [0.4, 0.5) is 0 Å². The van der Waals surface area contributed by atoms with Gasteiger partial charge in [-0.15, -0.1) is 0 Å². The molecule has 0 saturated carbocycles. The first kappa shape index (κ1) is 9.52. The van der Waals surface area contributed by atoms with Gasteiger partial charge in [0.25, 0.3) is 0 Å².